The van der Waals surface area contributed by atoms with Gasteiger partial charge in [0.15, 0.2) is 0 Å². The van der Waals surface area contributed by atoms with Crippen LogP contribution in [0.15, 0.2) is 64.3 Å². The highest BCUT2D eigenvalue weighted by atomic mass is 19.4. The number of carbonyl (C=O) groups is 1. The van der Waals surface area contributed by atoms with E-state index >= 15 is 0 Å². The van der Waals surface area contributed by atoms with Gasteiger partial charge < -0.3 is 15.0 Å². The molecule has 1 heterocycles. The van der Waals surface area contributed by atoms with Crippen LogP contribution in [0.25, 0.3) is 5.69 Å². The summed E-state index contributed by atoms with van der Waals surface area (Å²) in [6.07, 6.45) is -3.84. The number of rotatable bonds is 4. The molecule has 2 N–H and O–H groups in total. The van der Waals surface area contributed by atoms with Gasteiger partial charge in [0.1, 0.15) is 11.3 Å². The van der Waals surface area contributed by atoms with Crippen molar-refractivity contribution in [2.75, 3.05) is 12.4 Å². The average molecular weight is 405 g/mol. The molecule has 0 spiro atoms. The first-order valence-corrected chi connectivity index (χ1v) is 8.19. The van der Waals surface area contributed by atoms with E-state index in [0.717, 1.165) is 18.3 Å². The number of hydrogen-bond donors (Lipinski definition) is 2. The van der Waals surface area contributed by atoms with E-state index in [1.807, 2.05) is 0 Å². The number of nitrogens with zero attached hydrogens (tertiary/aromatic N) is 1. The summed E-state index contributed by atoms with van der Waals surface area (Å²) in [7, 11) is 1.44. The summed E-state index contributed by atoms with van der Waals surface area (Å²) < 4.78 is 45.0. The van der Waals surface area contributed by atoms with E-state index in [0.29, 0.717) is 10.3 Å². The van der Waals surface area contributed by atoms with Crippen LogP contribution in [0, 0.1) is 0 Å². The number of aromatic nitrogens is 2. The summed E-state index contributed by atoms with van der Waals surface area (Å²) in [4.78, 5) is 39.5. The van der Waals surface area contributed by atoms with Crippen molar-refractivity contribution in [1.29, 1.82) is 0 Å². The average Bonchev–Trinajstić information content (AvgIpc) is 2.68. The van der Waals surface area contributed by atoms with Gasteiger partial charge >= 0.3 is 11.9 Å². The molecule has 2 aromatic carbocycles. The van der Waals surface area contributed by atoms with Gasteiger partial charge in [-0.3, -0.25) is 9.59 Å². The monoisotopic (exact) mass is 405 g/mol. The highest BCUT2D eigenvalue weighted by Gasteiger charge is 2.33. The molecule has 150 valence electrons. The maximum absolute atomic E-state index is 13.1. The third-order valence-electron chi connectivity index (χ3n) is 4.03. The summed E-state index contributed by atoms with van der Waals surface area (Å²) in [6.45, 7) is 0. The van der Waals surface area contributed by atoms with Crippen LogP contribution in [0.5, 0.6) is 5.75 Å². The van der Waals surface area contributed by atoms with E-state index in [9.17, 15) is 27.6 Å². The number of para-hydroxylation sites is 1. The zero-order valence-corrected chi connectivity index (χ0v) is 14.9. The Bertz CT molecular complexity index is 1160. The maximum Gasteiger partial charge on any atom is 0.418 e. The standard InChI is InChI=1S/C19H14F3N3O4/c1-29-12-8-6-11(7-9-12)25-17(27)13(10-23-18(25)28)16(26)24-15-5-3-2-4-14(15)19(20,21)22/h2-10H,1H3,(H,23,28)(H,24,26). The van der Waals surface area contributed by atoms with Crippen molar-refractivity contribution in [3.8, 4) is 11.4 Å². The van der Waals surface area contributed by atoms with E-state index in [1.54, 1.807) is 0 Å². The molecule has 0 saturated heterocycles. The molecule has 0 saturated carbocycles. The Kier molecular flexibility index (Phi) is 5.26. The number of alkyl halides is 3. The maximum atomic E-state index is 13.1. The first-order valence-electron chi connectivity index (χ1n) is 8.19. The Labute approximate surface area is 161 Å². The van der Waals surface area contributed by atoms with Gasteiger partial charge in [-0.05, 0) is 36.4 Å². The van der Waals surface area contributed by atoms with E-state index < -0.39 is 40.1 Å². The van der Waals surface area contributed by atoms with Crippen LogP contribution in [0.4, 0.5) is 18.9 Å². The quantitative estimate of drug-likeness (QED) is 0.698. The highest BCUT2D eigenvalue weighted by Crippen LogP contribution is 2.34. The second kappa shape index (κ2) is 7.66. The molecule has 0 bridgehead atoms. The lowest BCUT2D eigenvalue weighted by Crippen LogP contribution is -2.38. The number of hydrogen-bond acceptors (Lipinski definition) is 4. The minimum Gasteiger partial charge on any atom is -0.497 e. The third kappa shape index (κ3) is 4.05. The molecule has 29 heavy (non-hydrogen) atoms. The normalized spacial score (nSPS) is 11.2. The molecular formula is C19H14F3N3O4. The molecule has 0 aliphatic carbocycles. The van der Waals surface area contributed by atoms with Crippen LogP contribution in [0.2, 0.25) is 0 Å². The SMILES string of the molecule is COc1ccc(-n2c(=O)[nH]cc(C(=O)Nc3ccccc3C(F)(F)F)c2=O)cc1. The fraction of sp³-hybridized carbons (Fsp3) is 0.105. The highest BCUT2D eigenvalue weighted by molar-refractivity contribution is 6.04. The van der Waals surface area contributed by atoms with Gasteiger partial charge in [-0.15, -0.1) is 0 Å². The van der Waals surface area contributed by atoms with Gasteiger partial charge in [-0.1, -0.05) is 12.1 Å². The predicted molar refractivity (Wildman–Crippen MR) is 98.6 cm³/mol. The minimum atomic E-state index is -4.70. The number of amides is 1. The zero-order chi connectivity index (χ0) is 21.2. The number of anilines is 1. The molecule has 0 atom stereocenters. The smallest absolute Gasteiger partial charge is 0.418 e. The summed E-state index contributed by atoms with van der Waals surface area (Å²) in [6, 6.07) is 10.2. The molecular weight excluding hydrogens is 391 g/mol. The molecule has 7 nitrogen and oxygen atoms in total. The number of benzene rings is 2. The lowest BCUT2D eigenvalue weighted by molar-refractivity contribution is -0.136. The van der Waals surface area contributed by atoms with Gasteiger partial charge in [-0.25, -0.2) is 9.36 Å². The van der Waals surface area contributed by atoms with Crippen molar-refractivity contribution in [3.63, 3.8) is 0 Å². The first-order chi connectivity index (χ1) is 13.7. The van der Waals surface area contributed by atoms with Crippen LogP contribution in [0.3, 0.4) is 0 Å². The number of ether oxygens (including phenoxy) is 1. The summed E-state index contributed by atoms with van der Waals surface area (Å²) in [5, 5.41) is 2.08. The van der Waals surface area contributed by atoms with Gasteiger partial charge in [0.05, 0.1) is 24.0 Å². The summed E-state index contributed by atoms with van der Waals surface area (Å²) >= 11 is 0. The van der Waals surface area contributed by atoms with E-state index in [4.69, 9.17) is 4.74 Å². The van der Waals surface area contributed by atoms with Crippen LogP contribution in [-0.2, 0) is 6.18 Å². The van der Waals surface area contributed by atoms with Gasteiger partial charge in [0.25, 0.3) is 11.5 Å². The van der Waals surface area contributed by atoms with Crippen molar-refractivity contribution in [2.24, 2.45) is 0 Å². The summed E-state index contributed by atoms with van der Waals surface area (Å²) in [5.41, 5.74) is -3.74. The zero-order valence-electron chi connectivity index (χ0n) is 14.9. The van der Waals surface area contributed by atoms with Crippen LogP contribution in [-0.4, -0.2) is 22.6 Å². The number of halogens is 3. The van der Waals surface area contributed by atoms with Crippen molar-refractivity contribution in [2.45, 2.75) is 6.18 Å². The fourth-order valence-corrected chi connectivity index (χ4v) is 2.63. The number of aromatic amines is 1. The van der Waals surface area contributed by atoms with E-state index in [1.165, 1.54) is 43.5 Å². The van der Waals surface area contributed by atoms with Gasteiger partial charge in [0, 0.05) is 6.20 Å². The van der Waals surface area contributed by atoms with Crippen molar-refractivity contribution < 1.29 is 22.7 Å². The van der Waals surface area contributed by atoms with E-state index in [-0.39, 0.29) is 5.69 Å². The molecule has 0 unspecified atom stereocenters. The lowest BCUT2D eigenvalue weighted by Gasteiger charge is -2.13. The molecule has 0 fully saturated rings. The lowest BCUT2D eigenvalue weighted by atomic mass is 10.1. The third-order valence-corrected chi connectivity index (χ3v) is 4.03. The number of nitrogens with one attached hydrogen (secondary N) is 2. The molecule has 3 rings (SSSR count). The van der Waals surface area contributed by atoms with Gasteiger partial charge in [-0.2, -0.15) is 13.2 Å². The molecule has 0 radical (unpaired) electrons. The largest absolute Gasteiger partial charge is 0.497 e. The van der Waals surface area contributed by atoms with Crippen molar-refractivity contribution in [1.82, 2.24) is 9.55 Å². The van der Waals surface area contributed by atoms with Crippen molar-refractivity contribution >= 4 is 11.6 Å². The number of H-pyrrole nitrogens is 1. The Morgan fingerprint density at radius 3 is 2.34 bits per heavy atom. The Morgan fingerprint density at radius 2 is 1.72 bits per heavy atom. The molecule has 10 heteroatoms. The first kappa shape index (κ1) is 19.9. The minimum absolute atomic E-state index is 0.155. The Morgan fingerprint density at radius 1 is 1.07 bits per heavy atom. The number of methoxy groups -OCH3 is 1. The molecule has 1 aromatic heterocycles. The van der Waals surface area contributed by atoms with Crippen LogP contribution >= 0.6 is 0 Å². The molecule has 1 amide bonds. The van der Waals surface area contributed by atoms with Crippen molar-refractivity contribution in [3.05, 3.63) is 86.7 Å². The molecule has 3 aromatic rings. The number of carbonyl (C=O) groups excluding carboxylic acids is 1. The molecule has 0 aliphatic heterocycles. The summed E-state index contributed by atoms with van der Waals surface area (Å²) in [5.74, 6) is -0.610. The topological polar surface area (TPSA) is 93.2 Å². The van der Waals surface area contributed by atoms with E-state index in [2.05, 4.69) is 10.3 Å². The Hall–Kier alpha value is -3.82. The Balaban J connectivity index is 2.02. The second-order valence-electron chi connectivity index (χ2n) is 5.84. The van der Waals surface area contributed by atoms with Crippen LogP contribution in [0.1, 0.15) is 15.9 Å². The molecule has 0 aliphatic rings. The van der Waals surface area contributed by atoms with Crippen LogP contribution < -0.4 is 21.3 Å². The van der Waals surface area contributed by atoms with Gasteiger partial charge in [0.2, 0.25) is 0 Å². The fourth-order valence-electron chi connectivity index (χ4n) is 2.63. The second-order valence-corrected chi connectivity index (χ2v) is 5.84. The predicted octanol–water partition coefficient (Wildman–Crippen LogP) is 2.81.